The molecule has 2 atom stereocenters. The number of fused-ring (bicyclic) bond motifs is 1. The Morgan fingerprint density at radius 3 is 2.17 bits per heavy atom. The summed E-state index contributed by atoms with van der Waals surface area (Å²) in [5.74, 6) is -2.10. The molecule has 0 radical (unpaired) electrons. The minimum atomic E-state index is -2.43. The van der Waals surface area contributed by atoms with E-state index < -0.39 is 5.92 Å². The van der Waals surface area contributed by atoms with Crippen molar-refractivity contribution in [1.82, 2.24) is 0 Å². The second-order valence-electron chi connectivity index (χ2n) is 5.56. The van der Waals surface area contributed by atoms with E-state index in [0.717, 1.165) is 24.3 Å². The monoisotopic (exact) mass is 252 g/mol. The maximum absolute atomic E-state index is 13.3. The number of benzene rings is 1. The molecule has 1 aliphatic heterocycles. The number of hydrogen-bond donors (Lipinski definition) is 1. The summed E-state index contributed by atoms with van der Waals surface area (Å²) in [5.41, 5.74) is 7.79. The molecule has 1 aliphatic carbocycles. The van der Waals surface area contributed by atoms with Gasteiger partial charge in [-0.3, -0.25) is 0 Å². The molecule has 1 aromatic rings. The fraction of sp³-hybridized carbons (Fsp3) is 0.571. The van der Waals surface area contributed by atoms with Crippen LogP contribution in [0.15, 0.2) is 24.3 Å². The van der Waals surface area contributed by atoms with Crippen molar-refractivity contribution in [1.29, 1.82) is 0 Å². The van der Waals surface area contributed by atoms with Crippen LogP contribution in [0.1, 0.15) is 18.4 Å². The molecule has 0 amide bonds. The van der Waals surface area contributed by atoms with E-state index in [0.29, 0.717) is 6.54 Å². The zero-order chi connectivity index (χ0) is 12.8. The third kappa shape index (κ3) is 2.09. The first-order valence-corrected chi connectivity index (χ1v) is 6.49. The van der Waals surface area contributed by atoms with Gasteiger partial charge < -0.3 is 10.6 Å². The van der Waals surface area contributed by atoms with Gasteiger partial charge in [-0.05, 0) is 29.5 Å². The first-order valence-electron chi connectivity index (χ1n) is 6.49. The molecule has 3 rings (SSSR count). The highest BCUT2D eigenvalue weighted by molar-refractivity contribution is 5.49. The van der Waals surface area contributed by atoms with Crippen LogP contribution in [0.5, 0.6) is 0 Å². The maximum atomic E-state index is 13.3. The minimum Gasteiger partial charge on any atom is -0.371 e. The fourth-order valence-electron chi connectivity index (χ4n) is 3.31. The van der Waals surface area contributed by atoms with Crippen molar-refractivity contribution in [3.05, 3.63) is 29.8 Å². The summed E-state index contributed by atoms with van der Waals surface area (Å²) in [7, 11) is 0. The highest BCUT2D eigenvalue weighted by atomic mass is 19.3. The number of nitrogens with two attached hydrogens (primary N) is 1. The van der Waals surface area contributed by atoms with Gasteiger partial charge in [-0.15, -0.1) is 0 Å². The Kier molecular flexibility index (Phi) is 2.77. The van der Waals surface area contributed by atoms with Crippen molar-refractivity contribution in [3.8, 4) is 0 Å². The minimum absolute atomic E-state index is 0.0645. The molecule has 4 heteroatoms. The van der Waals surface area contributed by atoms with E-state index in [1.165, 1.54) is 0 Å². The van der Waals surface area contributed by atoms with Crippen molar-refractivity contribution >= 4 is 5.69 Å². The van der Waals surface area contributed by atoms with E-state index in [1.54, 1.807) is 0 Å². The zero-order valence-electron chi connectivity index (χ0n) is 10.3. The Hall–Kier alpha value is -1.16. The van der Waals surface area contributed by atoms with Crippen LogP contribution in [-0.2, 0) is 6.54 Å². The van der Waals surface area contributed by atoms with Crippen LogP contribution in [0, 0.1) is 11.8 Å². The zero-order valence-corrected chi connectivity index (χ0v) is 10.3. The normalized spacial score (nSPS) is 29.6. The first kappa shape index (κ1) is 11.9. The molecule has 0 bridgehead atoms. The predicted octanol–water partition coefficient (Wildman–Crippen LogP) is 2.63. The molecule has 1 saturated carbocycles. The standard InChI is InChI=1S/C14H18F2N2/c15-14(16)5-11-8-18(9-12(11)6-14)13-3-1-10(7-17)2-4-13/h1-4,11-12H,5-9,17H2. The van der Waals surface area contributed by atoms with Gasteiger partial charge in [-0.25, -0.2) is 8.78 Å². The lowest BCUT2D eigenvalue weighted by molar-refractivity contribution is 0.00174. The largest absolute Gasteiger partial charge is 0.371 e. The molecule has 1 heterocycles. The molecule has 18 heavy (non-hydrogen) atoms. The van der Waals surface area contributed by atoms with Crippen LogP contribution in [0.25, 0.3) is 0 Å². The van der Waals surface area contributed by atoms with Gasteiger partial charge in [0.1, 0.15) is 0 Å². The second kappa shape index (κ2) is 4.19. The van der Waals surface area contributed by atoms with Crippen molar-refractivity contribution < 1.29 is 8.78 Å². The van der Waals surface area contributed by atoms with Gasteiger partial charge in [0.25, 0.3) is 0 Å². The summed E-state index contributed by atoms with van der Waals surface area (Å²) >= 11 is 0. The molecule has 2 aliphatic rings. The molecular formula is C14H18F2N2. The van der Waals surface area contributed by atoms with Crippen molar-refractivity contribution in [2.75, 3.05) is 18.0 Å². The van der Waals surface area contributed by atoms with Crippen molar-refractivity contribution in [2.45, 2.75) is 25.3 Å². The lowest BCUT2D eigenvalue weighted by atomic mass is 10.0. The highest BCUT2D eigenvalue weighted by Gasteiger charge is 2.50. The lowest BCUT2D eigenvalue weighted by Gasteiger charge is -2.21. The van der Waals surface area contributed by atoms with Crippen LogP contribution in [-0.4, -0.2) is 19.0 Å². The topological polar surface area (TPSA) is 29.3 Å². The Labute approximate surface area is 106 Å². The van der Waals surface area contributed by atoms with Gasteiger partial charge in [0.05, 0.1) is 0 Å². The van der Waals surface area contributed by atoms with Gasteiger partial charge in [-0.1, -0.05) is 12.1 Å². The summed E-state index contributed by atoms with van der Waals surface area (Å²) in [6.07, 6.45) is 0.129. The second-order valence-corrected chi connectivity index (χ2v) is 5.56. The average Bonchev–Trinajstić information content (AvgIpc) is 2.82. The van der Waals surface area contributed by atoms with E-state index in [9.17, 15) is 8.78 Å². The Morgan fingerprint density at radius 2 is 1.67 bits per heavy atom. The number of halogens is 2. The molecule has 2 fully saturated rings. The first-order chi connectivity index (χ1) is 8.57. The van der Waals surface area contributed by atoms with E-state index in [1.807, 2.05) is 24.3 Å². The maximum Gasteiger partial charge on any atom is 0.248 e. The van der Waals surface area contributed by atoms with Crippen molar-refractivity contribution in [2.24, 2.45) is 17.6 Å². The molecular weight excluding hydrogens is 234 g/mol. The molecule has 2 nitrogen and oxygen atoms in total. The summed E-state index contributed by atoms with van der Waals surface area (Å²) < 4.78 is 26.5. The Morgan fingerprint density at radius 1 is 1.11 bits per heavy atom. The molecule has 1 aromatic carbocycles. The smallest absolute Gasteiger partial charge is 0.248 e. The summed E-state index contributed by atoms with van der Waals surface area (Å²) in [4.78, 5) is 2.23. The van der Waals surface area contributed by atoms with Crippen LogP contribution in [0.2, 0.25) is 0 Å². The number of anilines is 1. The van der Waals surface area contributed by atoms with Crippen molar-refractivity contribution in [3.63, 3.8) is 0 Å². The number of hydrogen-bond acceptors (Lipinski definition) is 2. The summed E-state index contributed by atoms with van der Waals surface area (Å²) in [6.45, 7) is 2.07. The third-order valence-electron chi connectivity index (χ3n) is 4.24. The number of nitrogens with zero attached hydrogens (tertiary/aromatic N) is 1. The van der Waals surface area contributed by atoms with Gasteiger partial charge >= 0.3 is 0 Å². The Bertz CT molecular complexity index is 414. The van der Waals surface area contributed by atoms with Crippen LogP contribution in [0.4, 0.5) is 14.5 Å². The average molecular weight is 252 g/mol. The SMILES string of the molecule is NCc1ccc(N2CC3CC(F)(F)CC3C2)cc1. The van der Waals surface area contributed by atoms with E-state index in [4.69, 9.17) is 5.73 Å². The van der Waals surface area contributed by atoms with Gasteiger partial charge in [-0.2, -0.15) is 0 Å². The van der Waals surface area contributed by atoms with Crippen LogP contribution >= 0.6 is 0 Å². The third-order valence-corrected chi connectivity index (χ3v) is 4.24. The van der Waals surface area contributed by atoms with E-state index in [2.05, 4.69) is 4.90 Å². The molecule has 1 saturated heterocycles. The molecule has 0 aromatic heterocycles. The van der Waals surface area contributed by atoms with Crippen LogP contribution in [0.3, 0.4) is 0 Å². The Balaban J connectivity index is 1.70. The van der Waals surface area contributed by atoms with Gasteiger partial charge in [0.15, 0.2) is 0 Å². The van der Waals surface area contributed by atoms with E-state index in [-0.39, 0.29) is 24.7 Å². The van der Waals surface area contributed by atoms with Gasteiger partial charge in [0, 0.05) is 38.2 Å². The molecule has 2 unspecified atom stereocenters. The summed E-state index contributed by atoms with van der Waals surface area (Å²) in [5, 5.41) is 0. The quantitative estimate of drug-likeness (QED) is 0.876. The fourth-order valence-corrected chi connectivity index (χ4v) is 3.31. The van der Waals surface area contributed by atoms with E-state index >= 15 is 0 Å². The van der Waals surface area contributed by atoms with Gasteiger partial charge in [0.2, 0.25) is 5.92 Å². The summed E-state index contributed by atoms with van der Waals surface area (Å²) in [6, 6.07) is 8.11. The molecule has 2 N–H and O–H groups in total. The molecule has 0 spiro atoms. The number of alkyl halides is 2. The highest BCUT2D eigenvalue weighted by Crippen LogP contribution is 2.47. The predicted molar refractivity (Wildman–Crippen MR) is 67.7 cm³/mol. The number of rotatable bonds is 2. The molecule has 98 valence electrons. The van der Waals surface area contributed by atoms with Crippen LogP contribution < -0.4 is 10.6 Å². The lowest BCUT2D eigenvalue weighted by Crippen LogP contribution is -2.24.